The fourth-order valence-electron chi connectivity index (χ4n) is 4.43. The maximum absolute atomic E-state index is 13.3. The van der Waals surface area contributed by atoms with Gasteiger partial charge in [-0.15, -0.1) is 0 Å². The second-order valence-corrected chi connectivity index (χ2v) is 8.43. The van der Waals surface area contributed by atoms with Gasteiger partial charge in [0.15, 0.2) is 0 Å². The van der Waals surface area contributed by atoms with Gasteiger partial charge in [0.1, 0.15) is 0 Å². The average molecular weight is 457 g/mol. The summed E-state index contributed by atoms with van der Waals surface area (Å²) >= 11 is 0. The van der Waals surface area contributed by atoms with Crippen LogP contribution < -0.4 is 0 Å². The Balaban J connectivity index is 1.25. The molecular weight excluding hydrogens is 428 g/mol. The van der Waals surface area contributed by atoms with Crippen molar-refractivity contribution in [2.24, 2.45) is 0 Å². The normalized spacial score (nSPS) is 15.4. The van der Waals surface area contributed by atoms with Crippen LogP contribution >= 0.6 is 0 Å². The summed E-state index contributed by atoms with van der Waals surface area (Å²) in [5.74, 6) is 1.23. The van der Waals surface area contributed by atoms with Crippen LogP contribution in [0.5, 0.6) is 0 Å². The van der Waals surface area contributed by atoms with Gasteiger partial charge in [-0.05, 0) is 25.5 Å². The van der Waals surface area contributed by atoms with Crippen LogP contribution in [0.15, 0.2) is 71.4 Å². The first kappa shape index (κ1) is 22.0. The van der Waals surface area contributed by atoms with Crippen molar-refractivity contribution in [2.45, 2.75) is 26.3 Å². The minimum absolute atomic E-state index is 0.0192. The molecule has 1 unspecified atom stereocenters. The number of amides is 1. The molecule has 0 N–H and O–H groups in total. The van der Waals surface area contributed by atoms with Gasteiger partial charge in [-0.3, -0.25) is 9.69 Å². The number of hydrogen-bond donors (Lipinski definition) is 0. The molecule has 0 bridgehead atoms. The second kappa shape index (κ2) is 9.61. The van der Waals surface area contributed by atoms with E-state index in [1.807, 2.05) is 70.2 Å². The third-order valence-corrected chi connectivity index (χ3v) is 6.42. The molecule has 4 aromatic rings. The van der Waals surface area contributed by atoms with Crippen molar-refractivity contribution in [3.8, 4) is 17.1 Å². The van der Waals surface area contributed by atoms with Crippen molar-refractivity contribution in [3.05, 3.63) is 84.0 Å². The number of piperazine rings is 1. The Morgan fingerprint density at radius 1 is 1.00 bits per heavy atom. The molecule has 8 nitrogen and oxygen atoms in total. The molecule has 1 aliphatic heterocycles. The van der Waals surface area contributed by atoms with E-state index in [0.717, 1.165) is 36.5 Å². The molecule has 5 rings (SSSR count). The molecule has 34 heavy (non-hydrogen) atoms. The summed E-state index contributed by atoms with van der Waals surface area (Å²) in [6.45, 7) is 6.89. The van der Waals surface area contributed by atoms with Crippen molar-refractivity contribution < 1.29 is 9.32 Å². The quantitative estimate of drug-likeness (QED) is 0.436. The number of rotatable bonds is 6. The van der Waals surface area contributed by atoms with Gasteiger partial charge in [-0.2, -0.15) is 10.1 Å². The Morgan fingerprint density at radius 3 is 2.35 bits per heavy atom. The number of aromatic nitrogens is 4. The number of benzene rings is 2. The van der Waals surface area contributed by atoms with Gasteiger partial charge in [0.25, 0.3) is 5.91 Å². The summed E-state index contributed by atoms with van der Waals surface area (Å²) in [6, 6.07) is 19.7. The first-order chi connectivity index (χ1) is 16.7. The van der Waals surface area contributed by atoms with Gasteiger partial charge in [0, 0.05) is 31.7 Å². The summed E-state index contributed by atoms with van der Waals surface area (Å²) in [5, 5.41) is 8.66. The highest BCUT2D eigenvalue weighted by atomic mass is 16.5. The van der Waals surface area contributed by atoms with Crippen molar-refractivity contribution in [1.29, 1.82) is 0 Å². The Labute approximate surface area is 198 Å². The van der Waals surface area contributed by atoms with Crippen molar-refractivity contribution in [3.63, 3.8) is 0 Å². The van der Waals surface area contributed by atoms with Crippen LogP contribution in [0.3, 0.4) is 0 Å². The number of carbonyl (C=O) groups is 1. The van der Waals surface area contributed by atoms with E-state index in [1.54, 1.807) is 6.20 Å². The molecule has 8 heteroatoms. The van der Waals surface area contributed by atoms with Crippen molar-refractivity contribution >= 4 is 5.91 Å². The fourth-order valence-corrected chi connectivity index (χ4v) is 4.43. The number of para-hydroxylation sites is 1. The van der Waals surface area contributed by atoms with Crippen LogP contribution in [0.4, 0.5) is 0 Å². The SMILES string of the molecule is CCc1c(C(=O)N2CCN(C(C)c3nc(-c4ccccc4)no3)CC2)cnn1-c1ccccc1. The molecule has 1 fully saturated rings. The van der Waals surface area contributed by atoms with Crippen LogP contribution in [0.1, 0.15) is 41.8 Å². The van der Waals surface area contributed by atoms with Gasteiger partial charge >= 0.3 is 0 Å². The van der Waals surface area contributed by atoms with Crippen molar-refractivity contribution in [1.82, 2.24) is 29.7 Å². The van der Waals surface area contributed by atoms with Crippen LogP contribution in [0, 0.1) is 0 Å². The molecule has 1 saturated heterocycles. The topological polar surface area (TPSA) is 80.3 Å². The zero-order chi connectivity index (χ0) is 23.5. The molecule has 0 aliphatic carbocycles. The third kappa shape index (κ3) is 4.24. The van der Waals surface area contributed by atoms with E-state index in [1.165, 1.54) is 0 Å². The molecule has 3 heterocycles. The first-order valence-electron chi connectivity index (χ1n) is 11.7. The fraction of sp³-hybridized carbons (Fsp3) is 0.308. The average Bonchev–Trinajstić information content (AvgIpc) is 3.57. The van der Waals surface area contributed by atoms with Crippen LogP contribution in [-0.2, 0) is 6.42 Å². The highest BCUT2D eigenvalue weighted by molar-refractivity contribution is 5.95. The maximum atomic E-state index is 13.3. The minimum Gasteiger partial charge on any atom is -0.337 e. The smallest absolute Gasteiger partial charge is 0.257 e. The standard InChI is InChI=1S/C26H28N6O2/c1-3-23-22(18-27-32(23)21-12-8-5-9-13-21)26(33)31-16-14-30(15-17-31)19(2)25-28-24(29-34-25)20-10-6-4-7-11-20/h4-13,18-19H,3,14-17H2,1-2H3. The maximum Gasteiger partial charge on any atom is 0.257 e. The summed E-state index contributed by atoms with van der Waals surface area (Å²) in [7, 11) is 0. The number of nitrogens with zero attached hydrogens (tertiary/aromatic N) is 6. The summed E-state index contributed by atoms with van der Waals surface area (Å²) < 4.78 is 7.42. The zero-order valence-corrected chi connectivity index (χ0v) is 19.5. The Kier molecular flexibility index (Phi) is 6.22. The largest absolute Gasteiger partial charge is 0.337 e. The minimum atomic E-state index is -0.0192. The third-order valence-electron chi connectivity index (χ3n) is 6.42. The van der Waals surface area contributed by atoms with Crippen LogP contribution in [-0.4, -0.2) is 61.8 Å². The van der Waals surface area contributed by atoms with Crippen LogP contribution in [0.25, 0.3) is 17.1 Å². The lowest BCUT2D eigenvalue weighted by Gasteiger charge is -2.36. The van der Waals surface area contributed by atoms with Gasteiger partial charge < -0.3 is 9.42 Å². The van der Waals surface area contributed by atoms with Gasteiger partial charge in [0.05, 0.1) is 29.2 Å². The van der Waals surface area contributed by atoms with Crippen LogP contribution in [0.2, 0.25) is 0 Å². The zero-order valence-electron chi connectivity index (χ0n) is 19.5. The second-order valence-electron chi connectivity index (χ2n) is 8.43. The summed E-state index contributed by atoms with van der Waals surface area (Å²) in [5.41, 5.74) is 3.51. The molecular formula is C26H28N6O2. The molecule has 2 aromatic carbocycles. The van der Waals surface area contributed by atoms with E-state index in [-0.39, 0.29) is 11.9 Å². The highest BCUT2D eigenvalue weighted by Gasteiger charge is 2.30. The monoisotopic (exact) mass is 456 g/mol. The van der Waals surface area contributed by atoms with E-state index in [4.69, 9.17) is 4.52 Å². The molecule has 1 atom stereocenters. The van der Waals surface area contributed by atoms with E-state index >= 15 is 0 Å². The molecule has 0 radical (unpaired) electrons. The number of carbonyl (C=O) groups excluding carboxylic acids is 1. The Bertz CT molecular complexity index is 1240. The summed E-state index contributed by atoms with van der Waals surface area (Å²) in [6.07, 6.45) is 2.43. The molecule has 0 saturated carbocycles. The van der Waals surface area contributed by atoms with Gasteiger partial charge in [-0.25, -0.2) is 4.68 Å². The highest BCUT2D eigenvalue weighted by Crippen LogP contribution is 2.24. The Hall–Kier alpha value is -3.78. The molecule has 174 valence electrons. The lowest BCUT2D eigenvalue weighted by Crippen LogP contribution is -2.49. The molecule has 0 spiro atoms. The predicted octanol–water partition coefficient (Wildman–Crippen LogP) is 4.00. The molecule has 1 amide bonds. The first-order valence-corrected chi connectivity index (χ1v) is 11.7. The number of hydrogen-bond acceptors (Lipinski definition) is 6. The lowest BCUT2D eigenvalue weighted by atomic mass is 10.1. The Morgan fingerprint density at radius 2 is 1.68 bits per heavy atom. The van der Waals surface area contributed by atoms with E-state index in [9.17, 15) is 4.79 Å². The molecule has 2 aromatic heterocycles. The van der Waals surface area contributed by atoms with E-state index in [0.29, 0.717) is 30.4 Å². The summed E-state index contributed by atoms with van der Waals surface area (Å²) in [4.78, 5) is 22.1. The van der Waals surface area contributed by atoms with E-state index < -0.39 is 0 Å². The molecule has 1 aliphatic rings. The lowest BCUT2D eigenvalue weighted by molar-refractivity contribution is 0.0550. The van der Waals surface area contributed by atoms with Gasteiger partial charge in [-0.1, -0.05) is 60.6 Å². The van der Waals surface area contributed by atoms with E-state index in [2.05, 4.69) is 34.0 Å². The van der Waals surface area contributed by atoms with Gasteiger partial charge in [0.2, 0.25) is 11.7 Å². The predicted molar refractivity (Wildman–Crippen MR) is 129 cm³/mol. The van der Waals surface area contributed by atoms with Crippen molar-refractivity contribution in [2.75, 3.05) is 26.2 Å².